The second-order valence-corrected chi connectivity index (χ2v) is 5.11. The maximum atomic E-state index is 6.50. The number of rotatable bonds is 5. The third-order valence-electron chi connectivity index (χ3n) is 3.40. The lowest BCUT2D eigenvalue weighted by Gasteiger charge is -2.20. The summed E-state index contributed by atoms with van der Waals surface area (Å²) in [6.07, 6.45) is 2.56. The van der Waals surface area contributed by atoms with E-state index < -0.39 is 0 Å². The van der Waals surface area contributed by atoms with Gasteiger partial charge in [-0.2, -0.15) is 0 Å². The predicted octanol–water partition coefficient (Wildman–Crippen LogP) is 3.08. The first-order valence-corrected chi connectivity index (χ1v) is 6.76. The van der Waals surface area contributed by atoms with Crippen LogP contribution in [0.3, 0.4) is 0 Å². The molecule has 1 atom stereocenters. The van der Waals surface area contributed by atoms with E-state index in [-0.39, 0.29) is 5.38 Å². The molecule has 100 valence electrons. The Morgan fingerprint density at radius 2 is 1.94 bits per heavy atom. The van der Waals surface area contributed by atoms with Crippen molar-refractivity contribution in [3.63, 3.8) is 0 Å². The van der Waals surface area contributed by atoms with Gasteiger partial charge < -0.3 is 14.4 Å². The van der Waals surface area contributed by atoms with E-state index in [9.17, 15) is 0 Å². The molecule has 4 heteroatoms. The largest absolute Gasteiger partial charge is 0.497 e. The molecule has 1 saturated heterocycles. The zero-order valence-electron chi connectivity index (χ0n) is 11.0. The molecular formula is C14H20ClNO2. The molecule has 2 rings (SSSR count). The average Bonchev–Trinajstić information content (AvgIpc) is 2.90. The zero-order valence-corrected chi connectivity index (χ0v) is 11.7. The average molecular weight is 270 g/mol. The standard InChI is InChI=1S/C14H20ClNO2/c1-17-11-5-6-12(14(9-11)18-2)13(15)10-16-7-3-4-8-16/h5-6,9,13H,3-4,7-8,10H2,1-2H3. The van der Waals surface area contributed by atoms with Gasteiger partial charge >= 0.3 is 0 Å². The second kappa shape index (κ2) is 6.30. The molecule has 0 saturated carbocycles. The quantitative estimate of drug-likeness (QED) is 0.767. The van der Waals surface area contributed by atoms with Gasteiger partial charge in [-0.3, -0.25) is 0 Å². The Labute approximate surface area is 114 Å². The van der Waals surface area contributed by atoms with Gasteiger partial charge in [0.05, 0.1) is 19.6 Å². The second-order valence-electron chi connectivity index (χ2n) is 4.58. The summed E-state index contributed by atoms with van der Waals surface area (Å²) in [5.41, 5.74) is 1.03. The monoisotopic (exact) mass is 269 g/mol. The number of alkyl halides is 1. The van der Waals surface area contributed by atoms with Crippen molar-refractivity contribution in [1.29, 1.82) is 0 Å². The number of hydrogen-bond acceptors (Lipinski definition) is 3. The lowest BCUT2D eigenvalue weighted by atomic mass is 10.1. The molecule has 3 nitrogen and oxygen atoms in total. The molecule has 1 aliphatic heterocycles. The van der Waals surface area contributed by atoms with E-state index in [1.54, 1.807) is 14.2 Å². The molecule has 0 amide bonds. The normalized spacial score (nSPS) is 17.7. The molecule has 1 aromatic rings. The van der Waals surface area contributed by atoms with Gasteiger partial charge in [-0.05, 0) is 32.0 Å². The molecule has 1 aromatic carbocycles. The highest BCUT2D eigenvalue weighted by Crippen LogP contribution is 2.33. The molecule has 18 heavy (non-hydrogen) atoms. The van der Waals surface area contributed by atoms with Crippen molar-refractivity contribution in [3.8, 4) is 11.5 Å². The van der Waals surface area contributed by atoms with Gasteiger partial charge in [0.15, 0.2) is 0 Å². The van der Waals surface area contributed by atoms with Crippen LogP contribution in [0.1, 0.15) is 23.8 Å². The predicted molar refractivity (Wildman–Crippen MR) is 73.8 cm³/mol. The maximum Gasteiger partial charge on any atom is 0.127 e. The summed E-state index contributed by atoms with van der Waals surface area (Å²) < 4.78 is 10.6. The van der Waals surface area contributed by atoms with Crippen LogP contribution in [0.25, 0.3) is 0 Å². The van der Waals surface area contributed by atoms with E-state index in [4.69, 9.17) is 21.1 Å². The van der Waals surface area contributed by atoms with Crippen LogP contribution in [0.2, 0.25) is 0 Å². The van der Waals surface area contributed by atoms with Crippen LogP contribution in [0.15, 0.2) is 18.2 Å². The minimum atomic E-state index is -0.0380. The fourth-order valence-electron chi connectivity index (χ4n) is 2.37. The lowest BCUT2D eigenvalue weighted by molar-refractivity contribution is 0.334. The molecule has 1 fully saturated rings. The van der Waals surface area contributed by atoms with Gasteiger partial charge in [-0.25, -0.2) is 0 Å². The molecule has 0 aromatic heterocycles. The summed E-state index contributed by atoms with van der Waals surface area (Å²) >= 11 is 6.50. The topological polar surface area (TPSA) is 21.7 Å². The van der Waals surface area contributed by atoms with Crippen molar-refractivity contribution < 1.29 is 9.47 Å². The van der Waals surface area contributed by atoms with Crippen molar-refractivity contribution in [3.05, 3.63) is 23.8 Å². The Hall–Kier alpha value is -0.930. The summed E-state index contributed by atoms with van der Waals surface area (Å²) in [5.74, 6) is 1.59. The highest BCUT2D eigenvalue weighted by molar-refractivity contribution is 6.21. The highest BCUT2D eigenvalue weighted by Gasteiger charge is 2.20. The minimum absolute atomic E-state index is 0.0380. The van der Waals surface area contributed by atoms with Crippen LogP contribution >= 0.6 is 11.6 Å². The van der Waals surface area contributed by atoms with Crippen molar-refractivity contribution in [2.24, 2.45) is 0 Å². The number of nitrogens with zero attached hydrogens (tertiary/aromatic N) is 1. The van der Waals surface area contributed by atoms with Crippen LogP contribution in [-0.4, -0.2) is 38.8 Å². The Morgan fingerprint density at radius 1 is 1.22 bits per heavy atom. The molecule has 0 radical (unpaired) electrons. The van der Waals surface area contributed by atoms with Gasteiger partial charge in [0, 0.05) is 18.2 Å². The van der Waals surface area contributed by atoms with Crippen molar-refractivity contribution in [2.45, 2.75) is 18.2 Å². The van der Waals surface area contributed by atoms with Gasteiger partial charge in [0.1, 0.15) is 11.5 Å². The smallest absolute Gasteiger partial charge is 0.127 e. The molecule has 0 spiro atoms. The van der Waals surface area contributed by atoms with E-state index >= 15 is 0 Å². The molecule has 1 aliphatic rings. The van der Waals surface area contributed by atoms with Crippen molar-refractivity contribution in [2.75, 3.05) is 33.9 Å². The van der Waals surface area contributed by atoms with E-state index in [2.05, 4.69) is 4.90 Å². The number of halogens is 1. The number of methoxy groups -OCH3 is 2. The molecule has 1 unspecified atom stereocenters. The molecule has 0 bridgehead atoms. The Kier molecular flexibility index (Phi) is 4.72. The molecular weight excluding hydrogens is 250 g/mol. The van der Waals surface area contributed by atoms with Crippen LogP contribution < -0.4 is 9.47 Å². The van der Waals surface area contributed by atoms with E-state index in [0.29, 0.717) is 0 Å². The summed E-state index contributed by atoms with van der Waals surface area (Å²) in [7, 11) is 3.31. The number of hydrogen-bond donors (Lipinski definition) is 0. The van der Waals surface area contributed by atoms with Crippen molar-refractivity contribution >= 4 is 11.6 Å². The summed E-state index contributed by atoms with van der Waals surface area (Å²) in [6, 6.07) is 5.80. The number of benzene rings is 1. The van der Waals surface area contributed by atoms with Crippen LogP contribution in [-0.2, 0) is 0 Å². The fourth-order valence-corrected chi connectivity index (χ4v) is 2.74. The first kappa shape index (κ1) is 13.5. The van der Waals surface area contributed by atoms with Crippen LogP contribution in [0, 0.1) is 0 Å². The lowest BCUT2D eigenvalue weighted by Crippen LogP contribution is -2.23. The minimum Gasteiger partial charge on any atom is -0.497 e. The molecule has 0 aliphatic carbocycles. The Bertz CT molecular complexity index is 391. The molecule has 1 heterocycles. The van der Waals surface area contributed by atoms with Gasteiger partial charge in [0.2, 0.25) is 0 Å². The van der Waals surface area contributed by atoms with Crippen molar-refractivity contribution in [1.82, 2.24) is 4.90 Å². The Balaban J connectivity index is 2.10. The maximum absolute atomic E-state index is 6.50. The van der Waals surface area contributed by atoms with Crippen LogP contribution in [0.5, 0.6) is 11.5 Å². The first-order chi connectivity index (χ1) is 8.74. The number of likely N-dealkylation sites (tertiary alicyclic amines) is 1. The Morgan fingerprint density at radius 3 is 2.56 bits per heavy atom. The molecule has 0 N–H and O–H groups in total. The summed E-state index contributed by atoms with van der Waals surface area (Å²) in [6.45, 7) is 3.19. The number of ether oxygens (including phenoxy) is 2. The van der Waals surface area contributed by atoms with Gasteiger partial charge in [-0.15, -0.1) is 11.6 Å². The highest BCUT2D eigenvalue weighted by atomic mass is 35.5. The van der Waals surface area contributed by atoms with Gasteiger partial charge in [-0.1, -0.05) is 6.07 Å². The third kappa shape index (κ3) is 3.09. The van der Waals surface area contributed by atoms with Crippen LogP contribution in [0.4, 0.5) is 0 Å². The van der Waals surface area contributed by atoms with E-state index in [1.165, 1.54) is 12.8 Å². The van der Waals surface area contributed by atoms with Gasteiger partial charge in [0.25, 0.3) is 0 Å². The SMILES string of the molecule is COc1ccc(C(Cl)CN2CCCC2)c(OC)c1. The fraction of sp³-hybridized carbons (Fsp3) is 0.571. The van der Waals surface area contributed by atoms with E-state index in [0.717, 1.165) is 36.7 Å². The summed E-state index contributed by atoms with van der Waals surface area (Å²) in [5, 5.41) is -0.0380. The summed E-state index contributed by atoms with van der Waals surface area (Å²) in [4.78, 5) is 2.40. The zero-order chi connectivity index (χ0) is 13.0. The first-order valence-electron chi connectivity index (χ1n) is 6.33. The van der Waals surface area contributed by atoms with E-state index in [1.807, 2.05) is 18.2 Å². The third-order valence-corrected chi connectivity index (χ3v) is 3.77.